The minimum Gasteiger partial charge on any atom is -0.493 e. The number of benzene rings is 4. The lowest BCUT2D eigenvalue weighted by Gasteiger charge is -2.19. The van der Waals surface area contributed by atoms with Gasteiger partial charge in [-0.25, -0.2) is 4.98 Å². The molecule has 0 bridgehead atoms. The molecule has 0 saturated carbocycles. The predicted molar refractivity (Wildman–Crippen MR) is 149 cm³/mol. The van der Waals surface area contributed by atoms with Gasteiger partial charge in [-0.15, -0.1) is 0 Å². The molecule has 5 aromatic rings. The molecule has 5 heteroatoms. The van der Waals surface area contributed by atoms with Gasteiger partial charge in [0.25, 0.3) is 0 Å². The van der Waals surface area contributed by atoms with Crippen molar-refractivity contribution in [3.8, 4) is 5.75 Å². The van der Waals surface area contributed by atoms with Crippen molar-refractivity contribution >= 4 is 33.4 Å². The summed E-state index contributed by atoms with van der Waals surface area (Å²) in [5.41, 5.74) is 4.27. The van der Waals surface area contributed by atoms with E-state index < -0.39 is 0 Å². The van der Waals surface area contributed by atoms with Crippen LogP contribution in [0.3, 0.4) is 0 Å². The molecule has 1 saturated heterocycles. The van der Waals surface area contributed by atoms with Crippen LogP contribution in [0.25, 0.3) is 21.8 Å². The summed E-state index contributed by atoms with van der Waals surface area (Å²) in [5, 5.41) is 2.26. The minimum absolute atomic E-state index is 0.0575. The molecule has 37 heavy (non-hydrogen) atoms. The highest BCUT2D eigenvalue weighted by molar-refractivity contribution is 6.05. The number of hydrogen-bond donors (Lipinski definition) is 0. The van der Waals surface area contributed by atoms with E-state index in [1.165, 1.54) is 0 Å². The Morgan fingerprint density at radius 1 is 0.892 bits per heavy atom. The lowest BCUT2D eigenvalue weighted by atomic mass is 10.1. The monoisotopic (exact) mass is 489 g/mol. The minimum atomic E-state index is 0.0575. The molecule has 1 atom stereocenters. The fourth-order valence-electron chi connectivity index (χ4n) is 5.47. The largest absolute Gasteiger partial charge is 0.493 e. The number of fused-ring (bicyclic) bond motifs is 2. The summed E-state index contributed by atoms with van der Waals surface area (Å²) in [6, 6.07) is 30.9. The van der Waals surface area contributed by atoms with Gasteiger partial charge in [0.15, 0.2) is 0 Å². The number of unbranched alkanes of at least 4 members (excludes halogenated alkanes) is 1. The van der Waals surface area contributed by atoms with Crippen LogP contribution in [-0.4, -0.2) is 28.6 Å². The second-order valence-corrected chi connectivity index (χ2v) is 9.84. The summed E-state index contributed by atoms with van der Waals surface area (Å²) in [6.45, 7) is 4.26. The molecule has 1 unspecified atom stereocenters. The molecular formula is C32H31N3O2. The Balaban J connectivity index is 1.21. The van der Waals surface area contributed by atoms with Gasteiger partial charge in [0.05, 0.1) is 23.3 Å². The number of rotatable bonds is 8. The van der Waals surface area contributed by atoms with E-state index in [1.807, 2.05) is 47.4 Å². The molecule has 186 valence electrons. The normalized spacial score (nSPS) is 15.6. The number of ether oxygens (including phenoxy) is 1. The van der Waals surface area contributed by atoms with Crippen LogP contribution in [0.2, 0.25) is 0 Å². The molecule has 0 aliphatic carbocycles. The van der Waals surface area contributed by atoms with Crippen molar-refractivity contribution in [1.29, 1.82) is 0 Å². The number of para-hydroxylation sites is 3. The second kappa shape index (κ2) is 10.1. The average Bonchev–Trinajstić information content (AvgIpc) is 3.49. The number of aromatic nitrogens is 2. The van der Waals surface area contributed by atoms with Crippen molar-refractivity contribution in [1.82, 2.24) is 9.55 Å². The molecule has 1 aliphatic rings. The third-order valence-electron chi connectivity index (χ3n) is 7.36. The Morgan fingerprint density at radius 3 is 2.59 bits per heavy atom. The Morgan fingerprint density at radius 2 is 1.68 bits per heavy atom. The van der Waals surface area contributed by atoms with Crippen molar-refractivity contribution in [3.05, 3.63) is 102 Å². The number of aryl methyl sites for hydroxylation is 2. The average molecular weight is 490 g/mol. The molecule has 2 heterocycles. The van der Waals surface area contributed by atoms with Crippen molar-refractivity contribution in [3.63, 3.8) is 0 Å². The number of carbonyl (C=O) groups excluding carboxylic acids is 1. The van der Waals surface area contributed by atoms with Crippen LogP contribution in [0, 0.1) is 6.92 Å². The molecular weight excluding hydrogens is 458 g/mol. The highest BCUT2D eigenvalue weighted by atomic mass is 16.5. The van der Waals surface area contributed by atoms with Crippen molar-refractivity contribution in [2.24, 2.45) is 0 Å². The summed E-state index contributed by atoms with van der Waals surface area (Å²) in [7, 11) is 0. The maximum atomic E-state index is 13.3. The van der Waals surface area contributed by atoms with Gasteiger partial charge < -0.3 is 14.2 Å². The number of hydrogen-bond acceptors (Lipinski definition) is 3. The zero-order valence-electron chi connectivity index (χ0n) is 21.1. The molecule has 0 radical (unpaired) electrons. The molecule has 1 aromatic heterocycles. The van der Waals surface area contributed by atoms with Gasteiger partial charge in [0.2, 0.25) is 5.91 Å². The van der Waals surface area contributed by atoms with Gasteiger partial charge in [-0.3, -0.25) is 4.79 Å². The van der Waals surface area contributed by atoms with Crippen molar-refractivity contribution < 1.29 is 9.53 Å². The molecule has 5 nitrogen and oxygen atoms in total. The molecule has 1 fully saturated rings. The molecule has 1 amide bonds. The molecule has 0 N–H and O–H groups in total. The van der Waals surface area contributed by atoms with Gasteiger partial charge in [-0.2, -0.15) is 0 Å². The number of imidazole rings is 1. The first-order chi connectivity index (χ1) is 18.2. The summed E-state index contributed by atoms with van der Waals surface area (Å²) < 4.78 is 8.34. The molecule has 6 rings (SSSR count). The van der Waals surface area contributed by atoms with Crippen molar-refractivity contribution in [2.45, 2.75) is 38.6 Å². The first kappa shape index (κ1) is 23.3. The SMILES string of the molecule is Cc1ccccc1OCCCCn1c(C2CC(=O)N(c3cccc4ccccc34)C2)nc2ccccc21. The van der Waals surface area contributed by atoms with Crippen LogP contribution < -0.4 is 9.64 Å². The zero-order chi connectivity index (χ0) is 25.2. The van der Waals surface area contributed by atoms with Gasteiger partial charge in [0, 0.05) is 30.8 Å². The predicted octanol–water partition coefficient (Wildman–Crippen LogP) is 6.88. The van der Waals surface area contributed by atoms with Crippen LogP contribution in [0.1, 0.15) is 36.6 Å². The quantitative estimate of drug-likeness (QED) is 0.223. The van der Waals surface area contributed by atoms with E-state index in [2.05, 4.69) is 60.0 Å². The molecule has 0 spiro atoms. The van der Waals surface area contributed by atoms with Gasteiger partial charge in [-0.1, -0.05) is 66.7 Å². The highest BCUT2D eigenvalue weighted by Crippen LogP contribution is 2.36. The zero-order valence-corrected chi connectivity index (χ0v) is 21.1. The Bertz CT molecular complexity index is 1570. The number of nitrogens with zero attached hydrogens (tertiary/aromatic N) is 3. The summed E-state index contributed by atoms with van der Waals surface area (Å²) >= 11 is 0. The summed E-state index contributed by atoms with van der Waals surface area (Å²) in [4.78, 5) is 20.2. The van der Waals surface area contributed by atoms with Gasteiger partial charge in [-0.05, 0) is 55.0 Å². The van der Waals surface area contributed by atoms with Crippen molar-refractivity contribution in [2.75, 3.05) is 18.1 Å². The maximum Gasteiger partial charge on any atom is 0.227 e. The molecule has 1 aliphatic heterocycles. The van der Waals surface area contributed by atoms with E-state index in [4.69, 9.17) is 9.72 Å². The third kappa shape index (κ3) is 4.57. The van der Waals surface area contributed by atoms with Crippen LogP contribution in [0.5, 0.6) is 5.75 Å². The van der Waals surface area contributed by atoms with E-state index in [1.54, 1.807) is 0 Å². The molecule has 4 aromatic carbocycles. The standard InChI is InChI=1S/C32H31N3O2/c1-23-11-2-7-18-30(23)37-20-9-8-19-34-29-16-6-5-15-27(29)33-32(34)25-21-31(36)35(22-25)28-17-10-13-24-12-3-4-14-26(24)28/h2-7,10-18,25H,8-9,19-22H2,1H3. The number of carbonyl (C=O) groups is 1. The van der Waals surface area contributed by atoms with E-state index >= 15 is 0 Å². The third-order valence-corrected chi connectivity index (χ3v) is 7.36. The van der Waals surface area contributed by atoms with Crippen LogP contribution in [0.15, 0.2) is 91.0 Å². The highest BCUT2D eigenvalue weighted by Gasteiger charge is 2.35. The van der Waals surface area contributed by atoms with E-state index in [-0.39, 0.29) is 11.8 Å². The first-order valence-corrected chi connectivity index (χ1v) is 13.1. The Kier molecular flexibility index (Phi) is 6.35. The Labute approximate surface area is 217 Å². The summed E-state index contributed by atoms with van der Waals surface area (Å²) in [5.74, 6) is 2.18. The fourth-order valence-corrected chi connectivity index (χ4v) is 5.47. The first-order valence-electron chi connectivity index (χ1n) is 13.1. The maximum absolute atomic E-state index is 13.3. The smallest absolute Gasteiger partial charge is 0.227 e. The second-order valence-electron chi connectivity index (χ2n) is 9.84. The Hall–Kier alpha value is -4.12. The lowest BCUT2D eigenvalue weighted by Crippen LogP contribution is -2.24. The summed E-state index contributed by atoms with van der Waals surface area (Å²) in [6.07, 6.45) is 2.40. The number of anilines is 1. The topological polar surface area (TPSA) is 47.4 Å². The van der Waals surface area contributed by atoms with Gasteiger partial charge in [0.1, 0.15) is 11.6 Å². The fraction of sp³-hybridized carbons (Fsp3) is 0.250. The lowest BCUT2D eigenvalue weighted by molar-refractivity contribution is -0.117. The van der Waals surface area contributed by atoms with Crippen LogP contribution in [0.4, 0.5) is 5.69 Å². The van der Waals surface area contributed by atoms with Crippen LogP contribution in [-0.2, 0) is 11.3 Å². The van der Waals surface area contributed by atoms with E-state index in [0.29, 0.717) is 19.6 Å². The van der Waals surface area contributed by atoms with E-state index in [9.17, 15) is 4.79 Å². The van der Waals surface area contributed by atoms with E-state index in [0.717, 1.165) is 64.0 Å². The number of amides is 1. The van der Waals surface area contributed by atoms with Gasteiger partial charge >= 0.3 is 0 Å². The van der Waals surface area contributed by atoms with Crippen LogP contribution >= 0.6 is 0 Å².